The van der Waals surface area contributed by atoms with Crippen molar-refractivity contribution in [3.63, 3.8) is 0 Å². The zero-order valence-corrected chi connectivity index (χ0v) is 9.90. The van der Waals surface area contributed by atoms with Crippen LogP contribution in [0.5, 0.6) is 0 Å². The average molecular weight is 232 g/mol. The van der Waals surface area contributed by atoms with E-state index in [4.69, 9.17) is 5.73 Å². The second kappa shape index (κ2) is 4.55. The second-order valence-electron chi connectivity index (χ2n) is 4.31. The molecule has 1 heterocycles. The molecular formula is C12H16N4O. The van der Waals surface area contributed by atoms with Crippen LogP contribution in [-0.4, -0.2) is 22.1 Å². The topological polar surface area (TPSA) is 83.8 Å². The molecular weight excluding hydrogens is 216 g/mol. The second-order valence-corrected chi connectivity index (χ2v) is 4.31. The number of anilines is 1. The number of benzene rings is 1. The molecule has 0 aliphatic heterocycles. The summed E-state index contributed by atoms with van der Waals surface area (Å²) < 4.78 is 0. The van der Waals surface area contributed by atoms with Gasteiger partial charge in [-0.15, -0.1) is 0 Å². The number of nitrogens with one attached hydrogen (secondary N) is 2. The minimum atomic E-state index is -0.213. The molecule has 0 spiro atoms. The van der Waals surface area contributed by atoms with Crippen LogP contribution in [0.25, 0.3) is 10.9 Å². The predicted octanol–water partition coefficient (Wildman–Crippen LogP) is 1.48. The highest BCUT2D eigenvalue weighted by Gasteiger charge is 2.16. The molecule has 0 fully saturated rings. The molecule has 1 aromatic carbocycles. The Morgan fingerprint density at radius 2 is 2.24 bits per heavy atom. The standard InChI is InChI=1S/C12H16N4O/c1-7(8(2)13)12(17)15-10-3-4-11-9(5-10)6-14-16-11/h3-8H,13H2,1-2H3,(H,14,16)(H,15,17). The first-order valence-corrected chi connectivity index (χ1v) is 5.57. The lowest BCUT2D eigenvalue weighted by atomic mass is 10.0. The summed E-state index contributed by atoms with van der Waals surface area (Å²) in [6, 6.07) is 5.44. The SMILES string of the molecule is CC(N)C(C)C(=O)Nc1ccc2[nH]ncc2c1. The molecule has 4 N–H and O–H groups in total. The zero-order chi connectivity index (χ0) is 12.4. The van der Waals surface area contributed by atoms with E-state index in [9.17, 15) is 4.79 Å². The fourth-order valence-electron chi connectivity index (χ4n) is 1.52. The highest BCUT2D eigenvalue weighted by molar-refractivity contribution is 5.95. The Kier molecular flexibility index (Phi) is 3.10. The number of aromatic amines is 1. The van der Waals surface area contributed by atoms with E-state index in [2.05, 4.69) is 15.5 Å². The molecule has 0 saturated carbocycles. The van der Waals surface area contributed by atoms with Crippen LogP contribution in [0.1, 0.15) is 13.8 Å². The number of carbonyl (C=O) groups excluding carboxylic acids is 1. The third-order valence-electron chi connectivity index (χ3n) is 2.91. The molecule has 2 unspecified atom stereocenters. The number of carbonyl (C=O) groups is 1. The molecule has 90 valence electrons. The molecule has 0 aliphatic carbocycles. The van der Waals surface area contributed by atoms with Crippen LogP contribution in [-0.2, 0) is 4.79 Å². The Bertz CT molecular complexity index is 532. The van der Waals surface area contributed by atoms with Gasteiger partial charge in [0.2, 0.25) is 5.91 Å². The van der Waals surface area contributed by atoms with Crippen LogP contribution < -0.4 is 11.1 Å². The van der Waals surface area contributed by atoms with Crippen LogP contribution in [0.2, 0.25) is 0 Å². The monoisotopic (exact) mass is 232 g/mol. The Morgan fingerprint density at radius 1 is 1.47 bits per heavy atom. The van der Waals surface area contributed by atoms with Gasteiger partial charge in [0.15, 0.2) is 0 Å². The third kappa shape index (κ3) is 2.45. The predicted molar refractivity (Wildman–Crippen MR) is 67.5 cm³/mol. The maximum Gasteiger partial charge on any atom is 0.228 e. The van der Waals surface area contributed by atoms with E-state index in [1.807, 2.05) is 32.0 Å². The summed E-state index contributed by atoms with van der Waals surface area (Å²) >= 11 is 0. The number of nitrogens with zero attached hydrogens (tertiary/aromatic N) is 1. The molecule has 0 radical (unpaired) electrons. The number of H-pyrrole nitrogens is 1. The van der Waals surface area contributed by atoms with Gasteiger partial charge in [-0.1, -0.05) is 6.92 Å². The van der Waals surface area contributed by atoms with E-state index in [0.717, 1.165) is 16.6 Å². The fraction of sp³-hybridized carbons (Fsp3) is 0.333. The molecule has 5 heteroatoms. The highest BCUT2D eigenvalue weighted by Crippen LogP contribution is 2.17. The van der Waals surface area contributed by atoms with Crippen molar-refractivity contribution in [2.45, 2.75) is 19.9 Å². The van der Waals surface area contributed by atoms with Crippen LogP contribution in [0, 0.1) is 5.92 Å². The number of nitrogens with two attached hydrogens (primary N) is 1. The maximum absolute atomic E-state index is 11.8. The highest BCUT2D eigenvalue weighted by atomic mass is 16.1. The van der Waals surface area contributed by atoms with Gasteiger partial charge in [-0.2, -0.15) is 5.10 Å². The number of hydrogen-bond donors (Lipinski definition) is 3. The van der Waals surface area contributed by atoms with Gasteiger partial charge in [-0.3, -0.25) is 9.89 Å². The minimum Gasteiger partial charge on any atom is -0.327 e. The van der Waals surface area contributed by atoms with Gasteiger partial charge in [0.05, 0.1) is 17.6 Å². The Hall–Kier alpha value is -1.88. The summed E-state index contributed by atoms with van der Waals surface area (Å²) in [6.45, 7) is 3.64. The minimum absolute atomic E-state index is 0.0668. The summed E-state index contributed by atoms with van der Waals surface area (Å²) in [5.41, 5.74) is 7.40. The van der Waals surface area contributed by atoms with E-state index in [1.54, 1.807) is 6.20 Å². The van der Waals surface area contributed by atoms with E-state index in [-0.39, 0.29) is 17.9 Å². The Labute approximate surface area is 99.4 Å². The van der Waals surface area contributed by atoms with Crippen molar-refractivity contribution in [1.29, 1.82) is 0 Å². The van der Waals surface area contributed by atoms with Crippen LogP contribution in [0.4, 0.5) is 5.69 Å². The van der Waals surface area contributed by atoms with Crippen LogP contribution in [0.15, 0.2) is 24.4 Å². The molecule has 2 aromatic rings. The quantitative estimate of drug-likeness (QED) is 0.749. The molecule has 2 atom stereocenters. The summed E-state index contributed by atoms with van der Waals surface area (Å²) in [5, 5.41) is 10.6. The Balaban J connectivity index is 2.15. The lowest BCUT2D eigenvalue weighted by molar-refractivity contribution is -0.119. The summed E-state index contributed by atoms with van der Waals surface area (Å²) in [5.74, 6) is -0.280. The van der Waals surface area contributed by atoms with Crippen molar-refractivity contribution in [2.75, 3.05) is 5.32 Å². The summed E-state index contributed by atoms with van der Waals surface area (Å²) in [7, 11) is 0. The fourth-order valence-corrected chi connectivity index (χ4v) is 1.52. The number of amides is 1. The largest absolute Gasteiger partial charge is 0.327 e. The summed E-state index contributed by atoms with van der Waals surface area (Å²) in [6.07, 6.45) is 1.72. The molecule has 1 amide bonds. The van der Waals surface area contributed by atoms with Crippen molar-refractivity contribution in [1.82, 2.24) is 10.2 Å². The number of fused-ring (bicyclic) bond motifs is 1. The maximum atomic E-state index is 11.8. The smallest absolute Gasteiger partial charge is 0.228 e. The Morgan fingerprint density at radius 3 is 2.94 bits per heavy atom. The van der Waals surface area contributed by atoms with Gasteiger partial charge in [-0.25, -0.2) is 0 Å². The number of aromatic nitrogens is 2. The number of hydrogen-bond acceptors (Lipinski definition) is 3. The molecule has 0 bridgehead atoms. The first-order valence-electron chi connectivity index (χ1n) is 5.57. The van der Waals surface area contributed by atoms with Gasteiger partial charge in [0.25, 0.3) is 0 Å². The molecule has 0 aliphatic rings. The van der Waals surface area contributed by atoms with Gasteiger partial charge in [-0.05, 0) is 25.1 Å². The van der Waals surface area contributed by atoms with Crippen LogP contribution >= 0.6 is 0 Å². The van der Waals surface area contributed by atoms with E-state index < -0.39 is 0 Å². The number of rotatable bonds is 3. The molecule has 0 saturated heterocycles. The normalized spacial score (nSPS) is 14.5. The van der Waals surface area contributed by atoms with Crippen LogP contribution in [0.3, 0.4) is 0 Å². The zero-order valence-electron chi connectivity index (χ0n) is 9.90. The summed E-state index contributed by atoms with van der Waals surface area (Å²) in [4.78, 5) is 11.8. The van der Waals surface area contributed by atoms with Gasteiger partial charge in [0, 0.05) is 17.1 Å². The van der Waals surface area contributed by atoms with E-state index >= 15 is 0 Å². The van der Waals surface area contributed by atoms with Gasteiger partial charge in [0.1, 0.15) is 0 Å². The van der Waals surface area contributed by atoms with Crippen molar-refractivity contribution in [3.05, 3.63) is 24.4 Å². The van der Waals surface area contributed by atoms with Gasteiger partial charge >= 0.3 is 0 Å². The molecule has 5 nitrogen and oxygen atoms in total. The lowest BCUT2D eigenvalue weighted by Gasteiger charge is -2.15. The van der Waals surface area contributed by atoms with Gasteiger partial charge < -0.3 is 11.1 Å². The average Bonchev–Trinajstić information content (AvgIpc) is 2.74. The van der Waals surface area contributed by atoms with Crippen molar-refractivity contribution in [2.24, 2.45) is 11.7 Å². The molecule has 2 rings (SSSR count). The van der Waals surface area contributed by atoms with Crippen molar-refractivity contribution < 1.29 is 4.79 Å². The van der Waals surface area contributed by atoms with E-state index in [1.165, 1.54) is 0 Å². The van der Waals surface area contributed by atoms with E-state index in [0.29, 0.717) is 0 Å². The first-order chi connectivity index (χ1) is 8.08. The lowest BCUT2D eigenvalue weighted by Crippen LogP contribution is -2.34. The first kappa shape index (κ1) is 11.6. The molecule has 17 heavy (non-hydrogen) atoms. The van der Waals surface area contributed by atoms with Crippen molar-refractivity contribution >= 4 is 22.5 Å². The third-order valence-corrected chi connectivity index (χ3v) is 2.91. The molecule has 1 aromatic heterocycles. The van der Waals surface area contributed by atoms with Crippen molar-refractivity contribution in [3.8, 4) is 0 Å².